The second-order valence-electron chi connectivity index (χ2n) is 6.05. The van der Waals surface area contributed by atoms with Crippen LogP contribution in [0.1, 0.15) is 6.42 Å². The van der Waals surface area contributed by atoms with E-state index in [-0.39, 0.29) is 34.0 Å². The maximum absolute atomic E-state index is 5.53. The first kappa shape index (κ1) is 17.9. The SMILES string of the molecule is C1C[N+]2(CCOCC2)CC[N+]2(C1)CCOCC2.[Br-].[Br-]. The molecule has 0 amide bonds. The lowest BCUT2D eigenvalue weighted by molar-refractivity contribution is -0.970. The number of morpholine rings is 2. The molecule has 3 heterocycles. The van der Waals surface area contributed by atoms with Crippen LogP contribution in [-0.2, 0) is 9.47 Å². The Hall–Kier alpha value is 0.800. The Kier molecular flexibility index (Phi) is 7.24. The molecule has 0 aromatic carbocycles. The van der Waals surface area contributed by atoms with Gasteiger partial charge in [0, 0.05) is 6.42 Å². The fraction of sp³-hybridized carbons (Fsp3) is 1.00. The summed E-state index contributed by atoms with van der Waals surface area (Å²) < 4.78 is 13.7. The van der Waals surface area contributed by atoms with Crippen LogP contribution < -0.4 is 34.0 Å². The van der Waals surface area contributed by atoms with E-state index in [9.17, 15) is 0 Å². The quantitative estimate of drug-likeness (QED) is 0.376. The van der Waals surface area contributed by atoms with E-state index in [0.29, 0.717) is 0 Å². The van der Waals surface area contributed by atoms with Gasteiger partial charge < -0.3 is 52.4 Å². The molecule has 0 aliphatic carbocycles. The van der Waals surface area contributed by atoms with Crippen molar-refractivity contribution >= 4 is 0 Å². The van der Waals surface area contributed by atoms with Crippen molar-refractivity contribution in [3.63, 3.8) is 0 Å². The summed E-state index contributed by atoms with van der Waals surface area (Å²) in [6.45, 7) is 14.4. The van der Waals surface area contributed by atoms with Gasteiger partial charge in [0.15, 0.2) is 0 Å². The third-order valence-electron chi connectivity index (χ3n) is 5.15. The van der Waals surface area contributed by atoms with Gasteiger partial charge in [-0.1, -0.05) is 0 Å². The van der Waals surface area contributed by atoms with Gasteiger partial charge in [-0.2, -0.15) is 0 Å². The van der Waals surface area contributed by atoms with Crippen LogP contribution in [-0.4, -0.2) is 87.8 Å². The molecule has 0 saturated carbocycles. The molecule has 0 radical (unpaired) electrons. The maximum atomic E-state index is 5.53. The van der Waals surface area contributed by atoms with Crippen LogP contribution >= 0.6 is 0 Å². The summed E-state index contributed by atoms with van der Waals surface area (Å²) >= 11 is 0. The first-order chi connectivity index (χ1) is 8.33. The highest BCUT2D eigenvalue weighted by Crippen LogP contribution is 2.22. The number of ether oxygens (including phenoxy) is 2. The van der Waals surface area contributed by atoms with Crippen molar-refractivity contribution in [1.29, 1.82) is 0 Å². The van der Waals surface area contributed by atoms with Crippen molar-refractivity contribution in [1.82, 2.24) is 0 Å². The summed E-state index contributed by atoms with van der Waals surface area (Å²) in [4.78, 5) is 0. The average molecular weight is 402 g/mol. The Balaban J connectivity index is 0.000000902. The van der Waals surface area contributed by atoms with E-state index >= 15 is 0 Å². The largest absolute Gasteiger partial charge is 1.00 e. The summed E-state index contributed by atoms with van der Waals surface area (Å²) in [5.74, 6) is 0. The maximum Gasteiger partial charge on any atom is 0.129 e. The molecular formula is C13H26Br2N2O2. The number of hydrogen-bond acceptors (Lipinski definition) is 2. The van der Waals surface area contributed by atoms with Crippen LogP contribution in [0.4, 0.5) is 0 Å². The molecule has 2 spiro atoms. The van der Waals surface area contributed by atoms with Gasteiger partial charge in [0.1, 0.15) is 39.3 Å². The third-order valence-corrected chi connectivity index (χ3v) is 5.15. The molecule has 19 heavy (non-hydrogen) atoms. The summed E-state index contributed by atoms with van der Waals surface area (Å²) in [5, 5.41) is 0. The summed E-state index contributed by atoms with van der Waals surface area (Å²) in [6, 6.07) is 0. The van der Waals surface area contributed by atoms with Crippen LogP contribution in [0.2, 0.25) is 0 Å². The number of nitrogens with zero attached hydrogens (tertiary/aromatic N) is 2. The second kappa shape index (κ2) is 7.71. The highest BCUT2D eigenvalue weighted by atomic mass is 79.9. The van der Waals surface area contributed by atoms with E-state index in [1.54, 1.807) is 0 Å². The van der Waals surface area contributed by atoms with Crippen molar-refractivity contribution in [2.75, 3.05) is 78.8 Å². The van der Waals surface area contributed by atoms with Crippen LogP contribution in [0.3, 0.4) is 0 Å². The standard InChI is InChI=1S/C13H26N2O2.2BrH/c1-2-14(6-10-16-11-7-14)4-5-15(3-1)8-12-17-13-9-15;;/h1-13H2;2*1H/q+2;;/p-2. The van der Waals surface area contributed by atoms with Gasteiger partial charge in [0.25, 0.3) is 0 Å². The van der Waals surface area contributed by atoms with E-state index in [4.69, 9.17) is 9.47 Å². The van der Waals surface area contributed by atoms with Gasteiger partial charge in [-0.25, -0.2) is 0 Å². The highest BCUT2D eigenvalue weighted by Gasteiger charge is 2.40. The molecule has 114 valence electrons. The lowest BCUT2D eigenvalue weighted by atomic mass is 10.2. The normalized spacial score (nSPS) is 29.1. The topological polar surface area (TPSA) is 18.5 Å². The molecule has 3 saturated heterocycles. The molecule has 0 N–H and O–H groups in total. The van der Waals surface area contributed by atoms with Gasteiger partial charge in [0.05, 0.1) is 39.5 Å². The van der Waals surface area contributed by atoms with Gasteiger partial charge >= 0.3 is 0 Å². The molecule has 3 aliphatic rings. The third kappa shape index (κ3) is 4.14. The molecule has 3 rings (SSSR count). The number of halogens is 2. The molecule has 6 heteroatoms. The Morgan fingerprint density at radius 3 is 1.21 bits per heavy atom. The van der Waals surface area contributed by atoms with Gasteiger partial charge in [0.2, 0.25) is 0 Å². The van der Waals surface area contributed by atoms with E-state index in [1.165, 1.54) is 67.7 Å². The predicted octanol–water partition coefficient (Wildman–Crippen LogP) is -5.91. The first-order valence-electron chi connectivity index (χ1n) is 7.18. The first-order valence-corrected chi connectivity index (χ1v) is 7.18. The Morgan fingerprint density at radius 1 is 0.474 bits per heavy atom. The van der Waals surface area contributed by atoms with Crippen molar-refractivity contribution in [2.24, 2.45) is 0 Å². The molecule has 0 aromatic heterocycles. The van der Waals surface area contributed by atoms with Gasteiger partial charge in [-0.05, 0) is 0 Å². The van der Waals surface area contributed by atoms with Gasteiger partial charge in [-0.15, -0.1) is 0 Å². The van der Waals surface area contributed by atoms with E-state index in [0.717, 1.165) is 26.4 Å². The van der Waals surface area contributed by atoms with Crippen LogP contribution in [0.25, 0.3) is 0 Å². The molecule has 4 nitrogen and oxygen atoms in total. The van der Waals surface area contributed by atoms with Crippen LogP contribution in [0.5, 0.6) is 0 Å². The predicted molar refractivity (Wildman–Crippen MR) is 65.7 cm³/mol. The van der Waals surface area contributed by atoms with Crippen molar-refractivity contribution in [3.05, 3.63) is 0 Å². The van der Waals surface area contributed by atoms with Crippen molar-refractivity contribution in [3.8, 4) is 0 Å². The molecule has 0 atom stereocenters. The van der Waals surface area contributed by atoms with Crippen LogP contribution in [0.15, 0.2) is 0 Å². The Labute approximate surface area is 137 Å². The summed E-state index contributed by atoms with van der Waals surface area (Å²) in [5.41, 5.74) is 0. The smallest absolute Gasteiger partial charge is 0.129 e. The highest BCUT2D eigenvalue weighted by molar-refractivity contribution is 4.59. The van der Waals surface area contributed by atoms with Crippen molar-refractivity contribution in [2.45, 2.75) is 6.42 Å². The summed E-state index contributed by atoms with van der Waals surface area (Å²) in [6.07, 6.45) is 1.39. The monoisotopic (exact) mass is 400 g/mol. The fourth-order valence-corrected chi connectivity index (χ4v) is 3.74. The number of hydrogen-bond donors (Lipinski definition) is 0. The minimum absolute atomic E-state index is 0. The zero-order chi connectivity index (χ0) is 11.6. The fourth-order valence-electron chi connectivity index (χ4n) is 3.74. The molecular weight excluding hydrogens is 376 g/mol. The Morgan fingerprint density at radius 2 is 0.842 bits per heavy atom. The van der Waals surface area contributed by atoms with Crippen molar-refractivity contribution < 1.29 is 52.4 Å². The van der Waals surface area contributed by atoms with E-state index in [2.05, 4.69) is 0 Å². The molecule has 0 bridgehead atoms. The minimum atomic E-state index is 0. The lowest BCUT2D eigenvalue weighted by Gasteiger charge is -2.42. The molecule has 0 unspecified atom stereocenters. The zero-order valence-corrected chi connectivity index (χ0v) is 14.8. The lowest BCUT2D eigenvalue weighted by Crippen LogP contribution is -3.00. The second-order valence-corrected chi connectivity index (χ2v) is 6.05. The average Bonchev–Trinajstić information content (AvgIpc) is 2.54. The number of quaternary nitrogens is 2. The van der Waals surface area contributed by atoms with E-state index in [1.807, 2.05) is 0 Å². The molecule has 3 fully saturated rings. The molecule has 3 aliphatic heterocycles. The van der Waals surface area contributed by atoms with E-state index < -0.39 is 0 Å². The Bertz CT molecular complexity index is 241. The zero-order valence-electron chi connectivity index (χ0n) is 11.7. The summed E-state index contributed by atoms with van der Waals surface area (Å²) in [7, 11) is 0. The minimum Gasteiger partial charge on any atom is -1.00 e. The molecule has 0 aromatic rings. The van der Waals surface area contributed by atoms with Crippen LogP contribution in [0, 0.1) is 0 Å². The van der Waals surface area contributed by atoms with Gasteiger partial charge in [-0.3, -0.25) is 0 Å². The number of rotatable bonds is 0.